The first-order valence-corrected chi connectivity index (χ1v) is 11.0. The van der Waals surface area contributed by atoms with E-state index in [0.29, 0.717) is 27.8 Å². The predicted octanol–water partition coefficient (Wildman–Crippen LogP) is 6.06. The third-order valence-corrected chi connectivity index (χ3v) is 6.02. The van der Waals surface area contributed by atoms with Crippen LogP contribution in [-0.4, -0.2) is 21.0 Å². The lowest BCUT2D eigenvalue weighted by atomic mass is 10.2. The number of benzene rings is 3. The van der Waals surface area contributed by atoms with Crippen LogP contribution in [0.4, 0.5) is 10.5 Å². The highest BCUT2D eigenvalue weighted by Crippen LogP contribution is 2.33. The molecule has 0 aliphatic carbocycles. The highest BCUT2D eigenvalue weighted by Gasteiger charge is 2.35. The van der Waals surface area contributed by atoms with E-state index in [1.807, 2.05) is 24.3 Å². The van der Waals surface area contributed by atoms with E-state index in [1.54, 1.807) is 30.3 Å². The summed E-state index contributed by atoms with van der Waals surface area (Å²) in [6.07, 6.45) is 1.66. The van der Waals surface area contributed by atoms with Crippen LogP contribution in [-0.2, 0) is 17.9 Å². The van der Waals surface area contributed by atoms with Gasteiger partial charge in [-0.2, -0.15) is 0 Å². The van der Waals surface area contributed by atoms with E-state index < -0.39 is 10.8 Å². The molecule has 1 aliphatic heterocycles. The van der Waals surface area contributed by atoms with Gasteiger partial charge in [0.2, 0.25) is 0 Å². The van der Waals surface area contributed by atoms with Gasteiger partial charge in [0.1, 0.15) is 12.4 Å². The summed E-state index contributed by atoms with van der Waals surface area (Å²) in [5.74, 6) is 0.278. The molecule has 0 aromatic heterocycles. The van der Waals surface area contributed by atoms with Crippen LogP contribution >= 0.6 is 23.4 Å². The van der Waals surface area contributed by atoms with Gasteiger partial charge < -0.3 is 4.74 Å². The van der Waals surface area contributed by atoms with Crippen LogP contribution in [0.5, 0.6) is 5.75 Å². The summed E-state index contributed by atoms with van der Waals surface area (Å²) in [7, 11) is 0. The van der Waals surface area contributed by atoms with E-state index in [1.165, 1.54) is 24.3 Å². The molecule has 7 nitrogen and oxygen atoms in total. The average Bonchev–Trinajstić information content (AvgIpc) is 3.07. The summed E-state index contributed by atoms with van der Waals surface area (Å²) >= 11 is 6.75. The Bertz CT molecular complexity index is 1230. The van der Waals surface area contributed by atoms with E-state index in [-0.39, 0.29) is 17.5 Å². The fourth-order valence-corrected chi connectivity index (χ4v) is 4.07. The molecule has 4 rings (SSSR count). The van der Waals surface area contributed by atoms with Crippen molar-refractivity contribution in [3.05, 3.63) is 110 Å². The fraction of sp³-hybridized carbons (Fsp3) is 0.0833. The summed E-state index contributed by atoms with van der Waals surface area (Å²) in [5, 5.41) is 11.1. The van der Waals surface area contributed by atoms with Crippen molar-refractivity contribution in [1.29, 1.82) is 0 Å². The fourth-order valence-electron chi connectivity index (χ4n) is 3.10. The number of hydrogen-bond acceptors (Lipinski definition) is 6. The number of thioether (sulfide) groups is 1. The molecule has 0 spiro atoms. The van der Waals surface area contributed by atoms with Gasteiger partial charge in [-0.25, -0.2) is 0 Å². The number of rotatable bonds is 7. The quantitative estimate of drug-likeness (QED) is 0.232. The van der Waals surface area contributed by atoms with Crippen LogP contribution < -0.4 is 4.74 Å². The van der Waals surface area contributed by atoms with Gasteiger partial charge in [0.05, 0.1) is 16.4 Å². The molecule has 3 aromatic carbocycles. The van der Waals surface area contributed by atoms with Crippen molar-refractivity contribution >= 4 is 46.3 Å². The Morgan fingerprint density at radius 3 is 2.21 bits per heavy atom. The zero-order chi connectivity index (χ0) is 23.4. The highest BCUT2D eigenvalue weighted by molar-refractivity contribution is 8.18. The molecule has 0 radical (unpaired) electrons. The van der Waals surface area contributed by atoms with Gasteiger partial charge in [-0.05, 0) is 58.8 Å². The van der Waals surface area contributed by atoms with Gasteiger partial charge in [-0.15, -0.1) is 0 Å². The number of amides is 2. The molecule has 1 aliphatic rings. The van der Waals surface area contributed by atoms with E-state index >= 15 is 0 Å². The zero-order valence-electron chi connectivity index (χ0n) is 17.1. The maximum atomic E-state index is 12.7. The number of imide groups is 1. The number of carbonyl (C=O) groups is 2. The summed E-state index contributed by atoms with van der Waals surface area (Å²) in [4.78, 5) is 36.8. The second-order valence-corrected chi connectivity index (χ2v) is 8.61. The Morgan fingerprint density at radius 2 is 1.58 bits per heavy atom. The standard InChI is InChI=1S/C24H17ClN2O5S/c25-19-7-1-18(2-8-19)15-32-21-11-5-16(6-12-21)13-22-23(28)26(24(29)33-22)14-17-3-9-20(10-4-17)27(30)31/h1-13H,14-15H2/b22-13+. The molecule has 1 saturated heterocycles. The summed E-state index contributed by atoms with van der Waals surface area (Å²) in [5.41, 5.74) is 2.33. The number of hydrogen-bond donors (Lipinski definition) is 0. The average molecular weight is 481 g/mol. The van der Waals surface area contributed by atoms with Crippen molar-refractivity contribution < 1.29 is 19.2 Å². The smallest absolute Gasteiger partial charge is 0.293 e. The minimum atomic E-state index is -0.499. The van der Waals surface area contributed by atoms with Crippen LogP contribution in [0.15, 0.2) is 77.7 Å². The molecule has 0 atom stereocenters. The molecule has 33 heavy (non-hydrogen) atoms. The molecule has 1 heterocycles. The predicted molar refractivity (Wildman–Crippen MR) is 127 cm³/mol. The molecule has 166 valence electrons. The lowest BCUT2D eigenvalue weighted by Gasteiger charge is -2.12. The highest BCUT2D eigenvalue weighted by atomic mass is 35.5. The van der Waals surface area contributed by atoms with E-state index in [0.717, 1.165) is 27.8 Å². The number of nitrogens with zero attached hydrogens (tertiary/aromatic N) is 2. The normalized spacial score (nSPS) is 14.7. The second-order valence-electron chi connectivity index (χ2n) is 7.18. The first-order valence-electron chi connectivity index (χ1n) is 9.85. The zero-order valence-corrected chi connectivity index (χ0v) is 18.7. The molecular weight excluding hydrogens is 464 g/mol. The maximum Gasteiger partial charge on any atom is 0.293 e. The van der Waals surface area contributed by atoms with E-state index in [9.17, 15) is 19.7 Å². The van der Waals surface area contributed by atoms with Gasteiger partial charge in [0.15, 0.2) is 0 Å². The molecular formula is C24H17ClN2O5S. The van der Waals surface area contributed by atoms with Crippen molar-refractivity contribution in [2.45, 2.75) is 13.2 Å². The molecule has 0 bridgehead atoms. The van der Waals surface area contributed by atoms with Crippen LogP contribution in [0.1, 0.15) is 16.7 Å². The minimum absolute atomic E-state index is 0.0478. The Labute approximate surface area is 198 Å². The monoisotopic (exact) mass is 480 g/mol. The molecule has 0 unspecified atom stereocenters. The summed E-state index contributed by atoms with van der Waals surface area (Å²) in [6, 6.07) is 20.4. The van der Waals surface area contributed by atoms with Crippen LogP contribution in [0.2, 0.25) is 5.02 Å². The Hall–Kier alpha value is -3.62. The number of carbonyl (C=O) groups excluding carboxylic acids is 2. The van der Waals surface area contributed by atoms with Gasteiger partial charge in [0, 0.05) is 17.2 Å². The maximum absolute atomic E-state index is 12.7. The molecule has 0 saturated carbocycles. The van der Waals surface area contributed by atoms with Crippen LogP contribution in [0.3, 0.4) is 0 Å². The SMILES string of the molecule is O=C1S/C(=C/c2ccc(OCc3ccc(Cl)cc3)cc2)C(=O)N1Cc1ccc([N+](=O)[O-])cc1. The first-order chi connectivity index (χ1) is 15.9. The van der Waals surface area contributed by atoms with E-state index in [2.05, 4.69) is 0 Å². The Balaban J connectivity index is 1.39. The minimum Gasteiger partial charge on any atom is -0.489 e. The summed E-state index contributed by atoms with van der Waals surface area (Å²) in [6.45, 7) is 0.454. The van der Waals surface area contributed by atoms with Crippen LogP contribution in [0, 0.1) is 10.1 Å². The lowest BCUT2D eigenvalue weighted by molar-refractivity contribution is -0.384. The summed E-state index contributed by atoms with van der Waals surface area (Å²) < 4.78 is 5.76. The van der Waals surface area contributed by atoms with Crippen molar-refractivity contribution in [1.82, 2.24) is 4.90 Å². The Kier molecular flexibility index (Phi) is 6.76. The molecule has 9 heteroatoms. The van der Waals surface area contributed by atoms with Gasteiger partial charge in [-0.1, -0.05) is 48.0 Å². The van der Waals surface area contributed by atoms with Crippen molar-refractivity contribution in [2.75, 3.05) is 0 Å². The Morgan fingerprint density at radius 1 is 0.939 bits per heavy atom. The molecule has 2 amide bonds. The third kappa shape index (κ3) is 5.60. The van der Waals surface area contributed by atoms with Gasteiger partial charge in [0.25, 0.3) is 16.8 Å². The number of non-ortho nitro benzene ring substituents is 1. The van der Waals surface area contributed by atoms with Crippen molar-refractivity contribution in [2.24, 2.45) is 0 Å². The molecule has 0 N–H and O–H groups in total. The number of halogens is 1. The number of nitro groups is 1. The van der Waals surface area contributed by atoms with Crippen molar-refractivity contribution in [3.8, 4) is 5.75 Å². The topological polar surface area (TPSA) is 89.8 Å². The van der Waals surface area contributed by atoms with Crippen molar-refractivity contribution in [3.63, 3.8) is 0 Å². The second kappa shape index (κ2) is 9.89. The van der Waals surface area contributed by atoms with Gasteiger partial charge in [-0.3, -0.25) is 24.6 Å². The largest absolute Gasteiger partial charge is 0.489 e. The van der Waals surface area contributed by atoms with Gasteiger partial charge >= 0.3 is 0 Å². The molecule has 3 aromatic rings. The lowest BCUT2D eigenvalue weighted by Crippen LogP contribution is -2.27. The van der Waals surface area contributed by atoms with Crippen LogP contribution in [0.25, 0.3) is 6.08 Å². The number of nitro benzene ring substituents is 1. The van der Waals surface area contributed by atoms with E-state index in [4.69, 9.17) is 16.3 Å². The molecule has 1 fully saturated rings. The first kappa shape index (κ1) is 22.6. The number of ether oxygens (including phenoxy) is 1. The third-order valence-electron chi connectivity index (χ3n) is 4.86.